The summed E-state index contributed by atoms with van der Waals surface area (Å²) in [4.78, 5) is 12.3. The Kier molecular flexibility index (Phi) is 7.34. The van der Waals surface area contributed by atoms with E-state index in [0.717, 1.165) is 30.8 Å². The van der Waals surface area contributed by atoms with Crippen LogP contribution in [-0.4, -0.2) is 31.8 Å². The maximum Gasteiger partial charge on any atom is 0.237 e. The zero-order valence-electron chi connectivity index (χ0n) is 13.9. The van der Waals surface area contributed by atoms with Crippen LogP contribution in [0.15, 0.2) is 24.3 Å². The lowest BCUT2D eigenvalue weighted by atomic mass is 9.92. The van der Waals surface area contributed by atoms with Crippen molar-refractivity contribution in [3.63, 3.8) is 0 Å². The molecule has 1 aliphatic carbocycles. The molecule has 0 radical (unpaired) electrons. The maximum absolute atomic E-state index is 12.3. The lowest BCUT2D eigenvalue weighted by molar-refractivity contribution is -0.124. The van der Waals surface area contributed by atoms with Crippen LogP contribution in [0.3, 0.4) is 0 Å². The Hall–Kier alpha value is -1.30. The number of nitrogens with one attached hydrogen (secondary N) is 1. The molecule has 6 heteroatoms. The van der Waals surface area contributed by atoms with Crippen LogP contribution >= 0.6 is 12.4 Å². The van der Waals surface area contributed by atoms with Gasteiger partial charge in [0.1, 0.15) is 5.75 Å². The van der Waals surface area contributed by atoms with E-state index >= 15 is 0 Å². The summed E-state index contributed by atoms with van der Waals surface area (Å²) in [6.07, 6.45) is 4.24. The zero-order chi connectivity index (χ0) is 16.1. The average molecular weight is 355 g/mol. The van der Waals surface area contributed by atoms with E-state index in [4.69, 9.17) is 15.2 Å². The molecule has 1 aromatic rings. The maximum atomic E-state index is 12.3. The van der Waals surface area contributed by atoms with Crippen molar-refractivity contribution >= 4 is 18.3 Å². The van der Waals surface area contributed by atoms with E-state index in [2.05, 4.69) is 5.32 Å². The molecule has 2 fully saturated rings. The molecule has 0 bridgehead atoms. The van der Waals surface area contributed by atoms with E-state index in [1.54, 1.807) is 0 Å². The number of amides is 1. The van der Waals surface area contributed by atoms with Crippen LogP contribution in [0, 0.1) is 11.8 Å². The molecular weight excluding hydrogens is 328 g/mol. The Balaban J connectivity index is 0.00000208. The van der Waals surface area contributed by atoms with E-state index in [1.807, 2.05) is 24.3 Å². The second-order valence-electron chi connectivity index (χ2n) is 6.56. The number of carbonyl (C=O) groups is 1. The Morgan fingerprint density at radius 2 is 1.96 bits per heavy atom. The number of nitrogens with two attached hydrogens (primary N) is 1. The van der Waals surface area contributed by atoms with Crippen LogP contribution < -0.4 is 15.8 Å². The molecule has 1 amide bonds. The molecule has 134 valence electrons. The molecular formula is C18H27ClN2O3. The van der Waals surface area contributed by atoms with Crippen LogP contribution in [-0.2, 0) is 16.1 Å². The summed E-state index contributed by atoms with van der Waals surface area (Å²) < 4.78 is 11.2. The fourth-order valence-electron chi connectivity index (χ4n) is 2.87. The highest BCUT2D eigenvalue weighted by Crippen LogP contribution is 2.30. The summed E-state index contributed by atoms with van der Waals surface area (Å²) in [5.74, 6) is 1.69. The van der Waals surface area contributed by atoms with Crippen LogP contribution in [0.25, 0.3) is 0 Å². The number of hydrogen-bond acceptors (Lipinski definition) is 4. The number of para-hydroxylation sites is 1. The molecule has 0 spiro atoms. The Bertz CT molecular complexity index is 531. The molecule has 3 rings (SSSR count). The van der Waals surface area contributed by atoms with Crippen molar-refractivity contribution < 1.29 is 14.3 Å². The van der Waals surface area contributed by atoms with E-state index in [-0.39, 0.29) is 24.2 Å². The first kappa shape index (κ1) is 19.0. The molecule has 24 heavy (non-hydrogen) atoms. The van der Waals surface area contributed by atoms with Gasteiger partial charge in [-0.2, -0.15) is 0 Å². The minimum absolute atomic E-state index is 0. The first-order valence-electron chi connectivity index (χ1n) is 8.56. The van der Waals surface area contributed by atoms with E-state index in [1.165, 1.54) is 12.8 Å². The summed E-state index contributed by atoms with van der Waals surface area (Å²) in [5.41, 5.74) is 7.10. The van der Waals surface area contributed by atoms with Gasteiger partial charge in [-0.05, 0) is 43.6 Å². The molecule has 1 aliphatic heterocycles. The van der Waals surface area contributed by atoms with Crippen LogP contribution in [0.5, 0.6) is 5.75 Å². The van der Waals surface area contributed by atoms with Crippen LogP contribution in [0.2, 0.25) is 0 Å². The van der Waals surface area contributed by atoms with Crippen molar-refractivity contribution in [2.24, 2.45) is 17.6 Å². The van der Waals surface area contributed by atoms with Gasteiger partial charge in [0, 0.05) is 25.3 Å². The number of benzene rings is 1. The minimum atomic E-state index is -0.460. The van der Waals surface area contributed by atoms with Crippen molar-refractivity contribution in [3.05, 3.63) is 29.8 Å². The van der Waals surface area contributed by atoms with Crippen molar-refractivity contribution in [2.45, 2.75) is 38.3 Å². The number of rotatable bonds is 7. The van der Waals surface area contributed by atoms with Gasteiger partial charge < -0.3 is 20.5 Å². The van der Waals surface area contributed by atoms with Crippen LogP contribution in [0.1, 0.15) is 31.2 Å². The quantitative estimate of drug-likeness (QED) is 0.787. The summed E-state index contributed by atoms with van der Waals surface area (Å²) in [6, 6.07) is 7.41. The molecule has 1 saturated heterocycles. The van der Waals surface area contributed by atoms with Crippen LogP contribution in [0.4, 0.5) is 0 Å². The first-order chi connectivity index (χ1) is 11.2. The van der Waals surface area contributed by atoms with Gasteiger partial charge in [-0.1, -0.05) is 18.2 Å². The summed E-state index contributed by atoms with van der Waals surface area (Å²) in [7, 11) is 0. The molecule has 2 aliphatic rings. The standard InChI is InChI=1S/C18H26N2O3.ClH/c19-17(14-7-9-22-10-8-14)18(21)20-11-15-3-1-2-4-16(15)23-12-13-5-6-13;/h1-4,13-14,17H,5-12,19H2,(H,20,21);1H. The SMILES string of the molecule is Cl.NC(C(=O)NCc1ccccc1OCC1CC1)C1CCOCC1. The lowest BCUT2D eigenvalue weighted by Gasteiger charge is -2.26. The third-order valence-electron chi connectivity index (χ3n) is 4.67. The van der Waals surface area contributed by atoms with Gasteiger partial charge in [-0.25, -0.2) is 0 Å². The van der Waals surface area contributed by atoms with Gasteiger partial charge >= 0.3 is 0 Å². The Morgan fingerprint density at radius 3 is 2.67 bits per heavy atom. The van der Waals surface area contributed by atoms with Gasteiger partial charge in [0.15, 0.2) is 0 Å². The lowest BCUT2D eigenvalue weighted by Crippen LogP contribution is -2.46. The molecule has 1 heterocycles. The molecule has 5 nitrogen and oxygen atoms in total. The predicted octanol–water partition coefficient (Wildman–Crippen LogP) is 2.27. The number of halogens is 1. The predicted molar refractivity (Wildman–Crippen MR) is 95.3 cm³/mol. The van der Waals surface area contributed by atoms with E-state index in [0.29, 0.717) is 25.7 Å². The van der Waals surface area contributed by atoms with Crippen molar-refractivity contribution in [1.82, 2.24) is 5.32 Å². The molecule has 1 aromatic carbocycles. The van der Waals surface area contributed by atoms with Crippen molar-refractivity contribution in [2.75, 3.05) is 19.8 Å². The van der Waals surface area contributed by atoms with E-state index < -0.39 is 6.04 Å². The molecule has 1 unspecified atom stereocenters. The zero-order valence-corrected chi connectivity index (χ0v) is 14.7. The van der Waals surface area contributed by atoms with Gasteiger partial charge in [-0.3, -0.25) is 4.79 Å². The van der Waals surface area contributed by atoms with Gasteiger partial charge in [-0.15, -0.1) is 12.4 Å². The van der Waals surface area contributed by atoms with Crippen molar-refractivity contribution in [3.8, 4) is 5.75 Å². The third-order valence-corrected chi connectivity index (χ3v) is 4.67. The molecule has 3 N–H and O–H groups in total. The Morgan fingerprint density at radius 1 is 1.25 bits per heavy atom. The highest BCUT2D eigenvalue weighted by Gasteiger charge is 2.26. The number of carbonyl (C=O) groups excluding carboxylic acids is 1. The summed E-state index contributed by atoms with van der Waals surface area (Å²) in [5, 5.41) is 2.95. The van der Waals surface area contributed by atoms with Crippen molar-refractivity contribution in [1.29, 1.82) is 0 Å². The molecule has 0 aromatic heterocycles. The number of ether oxygens (including phenoxy) is 2. The monoisotopic (exact) mass is 354 g/mol. The molecule has 1 saturated carbocycles. The fraction of sp³-hybridized carbons (Fsp3) is 0.611. The summed E-state index contributed by atoms with van der Waals surface area (Å²) in [6.45, 7) is 2.62. The Labute approximate surface area is 149 Å². The summed E-state index contributed by atoms with van der Waals surface area (Å²) >= 11 is 0. The van der Waals surface area contributed by atoms with Gasteiger partial charge in [0.2, 0.25) is 5.91 Å². The normalized spacial score (nSPS) is 19.2. The second-order valence-corrected chi connectivity index (χ2v) is 6.56. The largest absolute Gasteiger partial charge is 0.493 e. The second kappa shape index (κ2) is 9.25. The van der Waals surface area contributed by atoms with Gasteiger partial charge in [0.25, 0.3) is 0 Å². The highest BCUT2D eigenvalue weighted by molar-refractivity contribution is 5.85. The molecule has 1 atom stereocenters. The first-order valence-corrected chi connectivity index (χ1v) is 8.56. The topological polar surface area (TPSA) is 73.6 Å². The smallest absolute Gasteiger partial charge is 0.237 e. The number of hydrogen-bond donors (Lipinski definition) is 2. The minimum Gasteiger partial charge on any atom is -0.493 e. The van der Waals surface area contributed by atoms with E-state index in [9.17, 15) is 4.79 Å². The fourth-order valence-corrected chi connectivity index (χ4v) is 2.87. The highest BCUT2D eigenvalue weighted by atomic mass is 35.5. The average Bonchev–Trinajstić information content (AvgIpc) is 3.43. The van der Waals surface area contributed by atoms with Gasteiger partial charge in [0.05, 0.1) is 12.6 Å². The third kappa shape index (κ3) is 5.36.